The van der Waals surface area contributed by atoms with Crippen molar-refractivity contribution in [3.8, 4) is 6.07 Å². The normalized spacial score (nSPS) is 25.9. The number of nitrogens with two attached hydrogens (primary N) is 1. The smallest absolute Gasteiger partial charge is 0.274 e. The molecule has 3 heterocycles. The molecule has 174 valence electrons. The Morgan fingerprint density at radius 2 is 2.09 bits per heavy atom. The number of pyridine rings is 1. The molecule has 1 aromatic heterocycles. The summed E-state index contributed by atoms with van der Waals surface area (Å²) >= 11 is 0. The monoisotopic (exact) mass is 470 g/mol. The van der Waals surface area contributed by atoms with Gasteiger partial charge in [0.15, 0.2) is 0 Å². The highest BCUT2D eigenvalue weighted by atomic mass is 32.3. The first-order valence-corrected chi connectivity index (χ1v) is 12.4. The van der Waals surface area contributed by atoms with Crippen LogP contribution in [0.3, 0.4) is 0 Å². The minimum Gasteiger partial charge on any atom is -0.386 e. The van der Waals surface area contributed by atoms with E-state index in [1.54, 1.807) is 33.8 Å². The average molecular weight is 471 g/mol. The molecule has 2 aromatic rings. The van der Waals surface area contributed by atoms with Gasteiger partial charge in [-0.3, -0.25) is 18.7 Å². The van der Waals surface area contributed by atoms with Crippen LogP contribution in [-0.2, 0) is 15.7 Å². The molecule has 0 aliphatic carbocycles. The molecule has 2 atom stereocenters. The van der Waals surface area contributed by atoms with Crippen LogP contribution in [0.4, 0.5) is 10.1 Å². The van der Waals surface area contributed by atoms with Crippen molar-refractivity contribution in [1.82, 2.24) is 9.71 Å². The standard InChI is InChI=1S/C23H27FN6O2S/c1-13-9-14(11-25)12-27-19(13)20(31)29-15-5-6-17(24)16(10-15)23(4)18-7-8-28-33(18,32)22(2,3)21(26)30-23/h5-6,9-10,12,18,33H,7-8H2,1-4H3,(H2,26,30)(H,28,32)(H,29,31)/t18-,23-/m1/s1. The second-order valence-electron chi connectivity index (χ2n) is 9.22. The summed E-state index contributed by atoms with van der Waals surface area (Å²) in [4.78, 5) is 21.6. The summed E-state index contributed by atoms with van der Waals surface area (Å²) in [6, 6.07) is 7.78. The van der Waals surface area contributed by atoms with Crippen LogP contribution in [0.25, 0.3) is 0 Å². The lowest BCUT2D eigenvalue weighted by atomic mass is 9.85. The summed E-state index contributed by atoms with van der Waals surface area (Å²) in [5.74, 6) is -0.788. The highest BCUT2D eigenvalue weighted by molar-refractivity contribution is 8.04. The topological polar surface area (TPSA) is 133 Å². The van der Waals surface area contributed by atoms with E-state index in [1.807, 2.05) is 6.07 Å². The molecule has 33 heavy (non-hydrogen) atoms. The fraction of sp³-hybridized carbons (Fsp3) is 0.391. The van der Waals surface area contributed by atoms with E-state index >= 15 is 4.39 Å². The maximum Gasteiger partial charge on any atom is 0.274 e. The number of benzene rings is 1. The number of carbonyl (C=O) groups excluding carboxylic acids is 1. The van der Waals surface area contributed by atoms with Crippen molar-refractivity contribution in [3.63, 3.8) is 0 Å². The molecular weight excluding hydrogens is 443 g/mol. The van der Waals surface area contributed by atoms with Crippen molar-refractivity contribution in [3.05, 3.63) is 58.7 Å². The number of aromatic nitrogens is 1. The molecule has 0 saturated carbocycles. The molecule has 1 saturated heterocycles. The number of rotatable bonds is 3. The number of nitriles is 1. The zero-order chi connectivity index (χ0) is 24.2. The predicted octanol–water partition coefficient (Wildman–Crippen LogP) is 2.31. The van der Waals surface area contributed by atoms with Crippen molar-refractivity contribution < 1.29 is 13.4 Å². The van der Waals surface area contributed by atoms with E-state index < -0.39 is 37.4 Å². The minimum absolute atomic E-state index is 0.164. The van der Waals surface area contributed by atoms with Gasteiger partial charge in [-0.15, -0.1) is 0 Å². The first-order valence-electron chi connectivity index (χ1n) is 10.6. The van der Waals surface area contributed by atoms with Gasteiger partial charge >= 0.3 is 0 Å². The maximum atomic E-state index is 15.1. The zero-order valence-corrected chi connectivity index (χ0v) is 19.8. The van der Waals surface area contributed by atoms with E-state index in [0.29, 0.717) is 29.8 Å². The predicted molar refractivity (Wildman–Crippen MR) is 127 cm³/mol. The minimum atomic E-state index is -3.04. The van der Waals surface area contributed by atoms with Gasteiger partial charge < -0.3 is 11.1 Å². The number of hydrogen-bond donors (Lipinski definition) is 4. The first kappa shape index (κ1) is 23.0. The highest BCUT2D eigenvalue weighted by Gasteiger charge is 2.58. The fourth-order valence-electron chi connectivity index (χ4n) is 4.81. The largest absolute Gasteiger partial charge is 0.386 e. The number of nitrogens with zero attached hydrogens (tertiary/aromatic N) is 3. The first-order chi connectivity index (χ1) is 15.4. The van der Waals surface area contributed by atoms with Crippen molar-refractivity contribution in [2.45, 2.75) is 49.7 Å². The van der Waals surface area contributed by atoms with E-state index in [0.717, 1.165) is 0 Å². The molecule has 0 bridgehead atoms. The van der Waals surface area contributed by atoms with E-state index in [4.69, 9.17) is 11.0 Å². The molecule has 10 heteroatoms. The van der Waals surface area contributed by atoms with Crippen molar-refractivity contribution in [2.24, 2.45) is 10.7 Å². The number of amides is 1. The SMILES string of the molecule is Cc1cc(C#N)cnc1C(=O)Nc1ccc(F)c([C@@]2(C)N=C(N)C(C)(C)[SH]3(=O)NCC[C@H]23)c1. The molecule has 0 unspecified atom stereocenters. The zero-order valence-electron chi connectivity index (χ0n) is 18.9. The number of carbonyl (C=O) groups is 1. The summed E-state index contributed by atoms with van der Waals surface area (Å²) in [6.07, 6.45) is 1.89. The fourth-order valence-corrected chi connectivity index (χ4v) is 8.45. The molecule has 2 aliphatic heterocycles. The number of aliphatic imine (C=N–C) groups is 1. The van der Waals surface area contributed by atoms with Crippen LogP contribution < -0.4 is 15.8 Å². The van der Waals surface area contributed by atoms with Gasteiger partial charge in [-0.2, -0.15) is 5.26 Å². The summed E-state index contributed by atoms with van der Waals surface area (Å²) in [5.41, 5.74) is 6.74. The lowest BCUT2D eigenvalue weighted by Crippen LogP contribution is -2.64. The third-order valence-corrected chi connectivity index (χ3v) is 11.1. The number of anilines is 1. The van der Waals surface area contributed by atoms with E-state index in [1.165, 1.54) is 24.4 Å². The van der Waals surface area contributed by atoms with Crippen LogP contribution in [0.15, 0.2) is 35.5 Å². The number of hydrogen-bond acceptors (Lipinski definition) is 6. The number of amidine groups is 1. The van der Waals surface area contributed by atoms with Crippen LogP contribution in [-0.4, -0.2) is 37.5 Å². The molecule has 1 aromatic carbocycles. The van der Waals surface area contributed by atoms with Crippen molar-refractivity contribution in [1.29, 1.82) is 5.26 Å². The Labute approximate surface area is 193 Å². The van der Waals surface area contributed by atoms with Crippen molar-refractivity contribution >= 4 is 27.5 Å². The quantitative estimate of drug-likeness (QED) is 0.511. The second-order valence-corrected chi connectivity index (χ2v) is 12.6. The molecule has 0 radical (unpaired) electrons. The van der Waals surface area contributed by atoms with Crippen LogP contribution in [0.1, 0.15) is 54.4 Å². The molecular formula is C23H27FN6O2S. The van der Waals surface area contributed by atoms with Gasteiger partial charge in [-0.1, -0.05) is 0 Å². The summed E-state index contributed by atoms with van der Waals surface area (Å²) in [6.45, 7) is 7.57. The van der Waals surface area contributed by atoms with Crippen LogP contribution in [0.5, 0.6) is 0 Å². The van der Waals surface area contributed by atoms with Gasteiger partial charge in [0.2, 0.25) is 0 Å². The van der Waals surface area contributed by atoms with Crippen molar-refractivity contribution in [2.75, 3.05) is 11.9 Å². The molecule has 4 rings (SSSR count). The highest BCUT2D eigenvalue weighted by Crippen LogP contribution is 2.49. The third kappa shape index (κ3) is 3.43. The summed E-state index contributed by atoms with van der Waals surface area (Å²) in [5, 5.41) is 11.3. The van der Waals surface area contributed by atoms with Gasteiger partial charge in [0, 0.05) is 24.0 Å². The van der Waals surface area contributed by atoms with E-state index in [2.05, 4.69) is 20.0 Å². The van der Waals surface area contributed by atoms with Gasteiger partial charge in [0.05, 0.1) is 15.6 Å². The Morgan fingerprint density at radius 1 is 1.36 bits per heavy atom. The lowest BCUT2D eigenvalue weighted by Gasteiger charge is -2.50. The molecule has 1 amide bonds. The Morgan fingerprint density at radius 3 is 2.76 bits per heavy atom. The molecule has 1 fully saturated rings. The Hall–Kier alpha value is -3.16. The Kier molecular flexibility index (Phi) is 5.38. The van der Waals surface area contributed by atoms with Crippen LogP contribution in [0, 0.1) is 24.1 Å². The number of aryl methyl sites for hydroxylation is 1. The number of halogens is 1. The number of fused-ring (bicyclic) bond motifs is 1. The average Bonchev–Trinajstić information content (AvgIpc) is 3.18. The van der Waals surface area contributed by atoms with E-state index in [9.17, 15) is 9.00 Å². The van der Waals surface area contributed by atoms with Gasteiger partial charge in [-0.25, -0.2) is 9.37 Å². The maximum absolute atomic E-state index is 15.1. The third-order valence-electron chi connectivity index (χ3n) is 6.85. The van der Waals surface area contributed by atoms with Gasteiger partial charge in [-0.05, 0) is 74.1 Å². The Bertz CT molecular complexity index is 1280. The molecule has 4 N–H and O–H groups in total. The van der Waals surface area contributed by atoms with Gasteiger partial charge in [0.1, 0.15) is 29.0 Å². The van der Waals surface area contributed by atoms with Gasteiger partial charge in [0.25, 0.3) is 5.91 Å². The summed E-state index contributed by atoms with van der Waals surface area (Å²) < 4.78 is 31.5. The van der Waals surface area contributed by atoms with Crippen LogP contribution >= 0.6 is 0 Å². The van der Waals surface area contributed by atoms with Crippen LogP contribution in [0.2, 0.25) is 0 Å². The number of thiol groups is 1. The summed E-state index contributed by atoms with van der Waals surface area (Å²) in [7, 11) is -3.04. The Balaban J connectivity index is 1.74. The number of nitrogens with one attached hydrogen (secondary N) is 2. The molecule has 8 nitrogen and oxygen atoms in total. The second kappa shape index (κ2) is 7.71. The molecule has 2 aliphatic rings. The van der Waals surface area contributed by atoms with E-state index in [-0.39, 0.29) is 17.1 Å². The molecule has 0 spiro atoms. The lowest BCUT2D eigenvalue weighted by molar-refractivity contribution is 0.102.